The summed E-state index contributed by atoms with van der Waals surface area (Å²) in [5, 5.41) is 9.37. The Balaban J connectivity index is 2.08. The summed E-state index contributed by atoms with van der Waals surface area (Å²) in [4.78, 5) is 0. The molecule has 1 saturated heterocycles. The summed E-state index contributed by atoms with van der Waals surface area (Å²) in [5.41, 5.74) is 0.284. The molecule has 4 heteroatoms. The van der Waals surface area contributed by atoms with Crippen molar-refractivity contribution in [2.75, 3.05) is 0 Å². The van der Waals surface area contributed by atoms with E-state index in [4.69, 9.17) is 9.31 Å². The molecule has 1 aliphatic rings. The van der Waals surface area contributed by atoms with Crippen LogP contribution in [0, 0.1) is 0 Å². The minimum atomic E-state index is -0.350. The Kier molecular flexibility index (Phi) is 3.26. The molecule has 0 atom stereocenters. The zero-order valence-corrected chi connectivity index (χ0v) is 11.3. The quantitative estimate of drug-likeness (QED) is 0.815. The zero-order chi connectivity index (χ0) is 13.4. The molecule has 1 fully saturated rings. The van der Waals surface area contributed by atoms with E-state index in [0.717, 1.165) is 5.56 Å². The van der Waals surface area contributed by atoms with Crippen molar-refractivity contribution >= 4 is 13.2 Å². The second kappa shape index (κ2) is 4.45. The number of rotatable bonds is 2. The maximum atomic E-state index is 9.37. The van der Waals surface area contributed by atoms with Gasteiger partial charge in [-0.1, -0.05) is 24.2 Å². The normalized spacial score (nSPS) is 21.7. The Morgan fingerprint density at radius 2 is 1.72 bits per heavy atom. The maximum absolute atomic E-state index is 9.37. The molecular formula is C14H19BO3. The van der Waals surface area contributed by atoms with E-state index in [9.17, 15) is 5.11 Å². The lowest BCUT2D eigenvalue weighted by Gasteiger charge is -2.32. The standard InChI is InChI=1S/C14H19BO3/c1-13(2)14(3,4)18-15(17-13)9-8-11-6-5-7-12(16)10-11/h5-10,16H,1-4H3/b9-8+. The number of hydrogen-bond acceptors (Lipinski definition) is 3. The van der Waals surface area contributed by atoms with Crippen molar-refractivity contribution in [2.45, 2.75) is 38.9 Å². The fraction of sp³-hybridized carbons (Fsp3) is 0.429. The average molecular weight is 246 g/mol. The monoisotopic (exact) mass is 246 g/mol. The summed E-state index contributed by atoms with van der Waals surface area (Å²) in [6, 6.07) is 7.06. The van der Waals surface area contributed by atoms with Crippen LogP contribution < -0.4 is 0 Å². The van der Waals surface area contributed by atoms with Crippen molar-refractivity contribution in [3.63, 3.8) is 0 Å². The van der Waals surface area contributed by atoms with Crippen molar-refractivity contribution in [1.82, 2.24) is 0 Å². The smallest absolute Gasteiger partial charge is 0.487 e. The molecule has 1 N–H and O–H groups in total. The SMILES string of the molecule is CC1(C)OB(/C=C/c2cccc(O)c2)OC1(C)C. The van der Waals surface area contributed by atoms with Crippen LogP contribution in [0.2, 0.25) is 0 Å². The number of phenolic OH excluding ortho intramolecular Hbond substituents is 1. The van der Waals surface area contributed by atoms with Gasteiger partial charge in [0.1, 0.15) is 5.75 Å². The van der Waals surface area contributed by atoms with Crippen LogP contribution in [0.1, 0.15) is 33.3 Å². The number of benzene rings is 1. The van der Waals surface area contributed by atoms with Gasteiger partial charge >= 0.3 is 7.12 Å². The molecule has 3 nitrogen and oxygen atoms in total. The first-order valence-corrected chi connectivity index (χ1v) is 6.13. The van der Waals surface area contributed by atoms with E-state index in [2.05, 4.69) is 0 Å². The molecule has 1 aromatic rings. The second-order valence-electron chi connectivity index (χ2n) is 5.58. The van der Waals surface area contributed by atoms with Crippen LogP contribution in [0.5, 0.6) is 5.75 Å². The van der Waals surface area contributed by atoms with Gasteiger partial charge in [0.2, 0.25) is 0 Å². The van der Waals surface area contributed by atoms with Crippen LogP contribution >= 0.6 is 0 Å². The molecular weight excluding hydrogens is 227 g/mol. The van der Waals surface area contributed by atoms with E-state index in [1.54, 1.807) is 18.2 Å². The van der Waals surface area contributed by atoms with Gasteiger partial charge in [0.25, 0.3) is 0 Å². The fourth-order valence-corrected chi connectivity index (χ4v) is 1.79. The fourth-order valence-electron chi connectivity index (χ4n) is 1.79. The summed E-state index contributed by atoms with van der Waals surface area (Å²) in [6.07, 6.45) is 1.89. The second-order valence-corrected chi connectivity index (χ2v) is 5.58. The summed E-state index contributed by atoms with van der Waals surface area (Å²) < 4.78 is 11.7. The van der Waals surface area contributed by atoms with E-state index >= 15 is 0 Å². The molecule has 0 amide bonds. The van der Waals surface area contributed by atoms with E-state index in [1.165, 1.54) is 0 Å². The molecule has 0 spiro atoms. The van der Waals surface area contributed by atoms with Gasteiger partial charge in [0.15, 0.2) is 0 Å². The highest BCUT2D eigenvalue weighted by molar-refractivity contribution is 6.52. The topological polar surface area (TPSA) is 38.7 Å². The van der Waals surface area contributed by atoms with Gasteiger partial charge in [-0.25, -0.2) is 0 Å². The van der Waals surface area contributed by atoms with Crippen molar-refractivity contribution in [3.8, 4) is 5.75 Å². The summed E-state index contributed by atoms with van der Waals surface area (Å²) in [5.74, 6) is 2.12. The Morgan fingerprint density at radius 3 is 2.28 bits per heavy atom. The lowest BCUT2D eigenvalue weighted by Crippen LogP contribution is -2.41. The van der Waals surface area contributed by atoms with Crippen LogP contribution in [0.25, 0.3) is 6.08 Å². The number of aromatic hydroxyl groups is 1. The van der Waals surface area contributed by atoms with Crippen molar-refractivity contribution in [3.05, 3.63) is 35.8 Å². The van der Waals surface area contributed by atoms with Gasteiger partial charge in [-0.05, 0) is 45.4 Å². The average Bonchev–Trinajstić information content (AvgIpc) is 2.45. The Bertz CT molecular complexity index is 450. The van der Waals surface area contributed by atoms with Crippen molar-refractivity contribution in [2.24, 2.45) is 0 Å². The van der Waals surface area contributed by atoms with E-state index in [0.29, 0.717) is 0 Å². The molecule has 1 aliphatic heterocycles. The third kappa shape index (κ3) is 2.60. The van der Waals surface area contributed by atoms with Gasteiger partial charge < -0.3 is 14.4 Å². The van der Waals surface area contributed by atoms with Crippen molar-refractivity contribution in [1.29, 1.82) is 0 Å². The van der Waals surface area contributed by atoms with Crippen LogP contribution in [0.4, 0.5) is 0 Å². The van der Waals surface area contributed by atoms with E-state index < -0.39 is 0 Å². The Labute approximate surface area is 109 Å². The molecule has 0 unspecified atom stereocenters. The van der Waals surface area contributed by atoms with Gasteiger partial charge in [-0.2, -0.15) is 0 Å². The third-order valence-corrected chi connectivity index (χ3v) is 3.59. The minimum absolute atomic E-state index is 0.256. The molecule has 0 bridgehead atoms. The summed E-state index contributed by atoms with van der Waals surface area (Å²) >= 11 is 0. The number of hydrogen-bond donors (Lipinski definition) is 1. The molecule has 0 aromatic heterocycles. The Hall–Kier alpha value is -1.26. The molecule has 1 aromatic carbocycles. The van der Waals surface area contributed by atoms with Gasteiger partial charge in [0.05, 0.1) is 11.2 Å². The highest BCUT2D eigenvalue weighted by atomic mass is 16.7. The van der Waals surface area contributed by atoms with E-state index in [-0.39, 0.29) is 24.1 Å². The summed E-state index contributed by atoms with van der Waals surface area (Å²) in [7, 11) is -0.350. The molecule has 0 aliphatic carbocycles. The summed E-state index contributed by atoms with van der Waals surface area (Å²) in [6.45, 7) is 8.09. The highest BCUT2D eigenvalue weighted by Gasteiger charge is 2.49. The van der Waals surface area contributed by atoms with Crippen LogP contribution in [-0.4, -0.2) is 23.4 Å². The molecule has 96 valence electrons. The van der Waals surface area contributed by atoms with Gasteiger partial charge in [-0.15, -0.1) is 0 Å². The first-order valence-electron chi connectivity index (χ1n) is 6.13. The minimum Gasteiger partial charge on any atom is -0.508 e. The highest BCUT2D eigenvalue weighted by Crippen LogP contribution is 2.37. The maximum Gasteiger partial charge on any atom is 0.487 e. The lowest BCUT2D eigenvalue weighted by atomic mass is 9.89. The predicted octanol–water partition coefficient (Wildman–Crippen LogP) is 3.04. The first kappa shape index (κ1) is 13.2. The lowest BCUT2D eigenvalue weighted by molar-refractivity contribution is 0.00578. The predicted molar refractivity (Wildman–Crippen MR) is 73.2 cm³/mol. The van der Waals surface area contributed by atoms with E-state index in [1.807, 2.05) is 45.8 Å². The Morgan fingerprint density at radius 1 is 1.11 bits per heavy atom. The van der Waals surface area contributed by atoms with Crippen LogP contribution in [0.15, 0.2) is 30.2 Å². The van der Waals surface area contributed by atoms with Crippen LogP contribution in [-0.2, 0) is 9.31 Å². The molecule has 0 radical (unpaired) electrons. The van der Waals surface area contributed by atoms with Gasteiger partial charge in [-0.3, -0.25) is 0 Å². The van der Waals surface area contributed by atoms with Crippen molar-refractivity contribution < 1.29 is 14.4 Å². The zero-order valence-electron chi connectivity index (χ0n) is 11.3. The molecule has 2 rings (SSSR count). The molecule has 0 saturated carbocycles. The molecule has 18 heavy (non-hydrogen) atoms. The van der Waals surface area contributed by atoms with Crippen LogP contribution in [0.3, 0.4) is 0 Å². The van der Waals surface area contributed by atoms with Gasteiger partial charge in [0, 0.05) is 0 Å². The largest absolute Gasteiger partial charge is 0.508 e. The first-order chi connectivity index (χ1) is 8.30. The third-order valence-electron chi connectivity index (χ3n) is 3.59. The number of phenols is 1. The molecule has 1 heterocycles.